The Bertz CT molecular complexity index is 1010. The van der Waals surface area contributed by atoms with Crippen LogP contribution in [0.4, 0.5) is 0 Å². The van der Waals surface area contributed by atoms with Gasteiger partial charge >= 0.3 is 0 Å². The number of hydrogen-bond acceptors (Lipinski definition) is 6. The van der Waals surface area contributed by atoms with Crippen molar-refractivity contribution in [2.24, 2.45) is 0 Å². The first-order valence-corrected chi connectivity index (χ1v) is 10.0. The molecule has 30 heavy (non-hydrogen) atoms. The molecule has 0 spiro atoms. The highest BCUT2D eigenvalue weighted by atomic mass is 16.2. The number of carbonyl (C=O) groups excluding carboxylic acids is 1. The minimum atomic E-state index is 0.158. The Labute approximate surface area is 175 Å². The molecule has 3 aromatic rings. The van der Waals surface area contributed by atoms with E-state index in [1.54, 1.807) is 11.0 Å². The summed E-state index contributed by atoms with van der Waals surface area (Å²) in [5.74, 6) is 0.158. The predicted molar refractivity (Wildman–Crippen MR) is 110 cm³/mol. The third kappa shape index (κ3) is 4.88. The number of nitriles is 1. The second kappa shape index (κ2) is 9.29. The van der Waals surface area contributed by atoms with Gasteiger partial charge in [0.25, 0.3) is 0 Å². The number of hydrogen-bond donors (Lipinski definition) is 0. The Balaban J connectivity index is 1.30. The Morgan fingerprint density at radius 1 is 0.967 bits per heavy atom. The van der Waals surface area contributed by atoms with Crippen molar-refractivity contribution < 1.29 is 4.79 Å². The van der Waals surface area contributed by atoms with E-state index in [4.69, 9.17) is 5.26 Å². The largest absolute Gasteiger partial charge is 0.341 e. The van der Waals surface area contributed by atoms with Crippen LogP contribution >= 0.6 is 0 Å². The second-order valence-electron chi connectivity index (χ2n) is 7.42. The zero-order chi connectivity index (χ0) is 20.8. The lowest BCUT2D eigenvalue weighted by Gasteiger charge is -2.22. The van der Waals surface area contributed by atoms with Gasteiger partial charge in [-0.25, -0.2) is 4.68 Å². The van der Waals surface area contributed by atoms with Crippen LogP contribution in [0.2, 0.25) is 0 Å². The second-order valence-corrected chi connectivity index (χ2v) is 7.42. The summed E-state index contributed by atoms with van der Waals surface area (Å²) in [6, 6.07) is 17.6. The number of nitrogens with zero attached hydrogens (tertiary/aromatic N) is 7. The van der Waals surface area contributed by atoms with E-state index in [1.165, 1.54) is 5.56 Å². The fraction of sp³-hybridized carbons (Fsp3) is 0.318. The summed E-state index contributed by atoms with van der Waals surface area (Å²) in [6.45, 7) is 4.17. The zero-order valence-electron chi connectivity index (χ0n) is 16.7. The topological polar surface area (TPSA) is 90.9 Å². The molecule has 0 atom stereocenters. The van der Waals surface area contributed by atoms with Crippen molar-refractivity contribution in [3.63, 3.8) is 0 Å². The molecule has 1 aromatic heterocycles. The van der Waals surface area contributed by atoms with E-state index in [2.05, 4.69) is 26.5 Å². The van der Waals surface area contributed by atoms with Crippen molar-refractivity contribution in [3.05, 3.63) is 71.5 Å². The molecule has 0 radical (unpaired) electrons. The summed E-state index contributed by atoms with van der Waals surface area (Å²) in [7, 11) is 0. The molecular weight excluding hydrogens is 378 g/mol. The van der Waals surface area contributed by atoms with Crippen molar-refractivity contribution in [2.45, 2.75) is 19.4 Å². The van der Waals surface area contributed by atoms with Gasteiger partial charge in [-0.3, -0.25) is 9.69 Å². The first-order chi connectivity index (χ1) is 14.7. The molecule has 4 rings (SSSR count). The number of rotatable bonds is 5. The van der Waals surface area contributed by atoms with Gasteiger partial charge in [0, 0.05) is 32.7 Å². The van der Waals surface area contributed by atoms with Crippen LogP contribution in [0.3, 0.4) is 0 Å². The number of tetrazole rings is 1. The van der Waals surface area contributed by atoms with Gasteiger partial charge in [0.05, 0.1) is 23.7 Å². The molecule has 1 fully saturated rings. The van der Waals surface area contributed by atoms with Gasteiger partial charge in [-0.05, 0) is 52.2 Å². The smallest absolute Gasteiger partial charge is 0.227 e. The average molecular weight is 401 g/mol. The molecule has 1 saturated heterocycles. The molecule has 2 aromatic carbocycles. The maximum Gasteiger partial charge on any atom is 0.227 e. The molecule has 0 saturated carbocycles. The molecule has 8 nitrogen and oxygen atoms in total. The van der Waals surface area contributed by atoms with E-state index < -0.39 is 0 Å². The molecular formula is C22H23N7O. The van der Waals surface area contributed by atoms with Crippen LogP contribution in [-0.2, 0) is 17.8 Å². The SMILES string of the molecule is N#Cc1ccc(CN2CCCN(C(=O)Cc3ccc(-n4cnnn4)cc3)CC2)cc1. The average Bonchev–Trinajstić information content (AvgIpc) is 3.21. The molecule has 1 aliphatic heterocycles. The maximum atomic E-state index is 12.8. The molecule has 0 N–H and O–H groups in total. The van der Waals surface area contributed by atoms with Crippen LogP contribution in [-0.4, -0.2) is 62.1 Å². The summed E-state index contributed by atoms with van der Waals surface area (Å²) >= 11 is 0. The van der Waals surface area contributed by atoms with Crippen LogP contribution in [0.25, 0.3) is 5.69 Å². The summed E-state index contributed by atoms with van der Waals surface area (Å²) in [5, 5.41) is 20.1. The first-order valence-electron chi connectivity index (χ1n) is 10.0. The molecule has 1 amide bonds. The molecule has 152 valence electrons. The third-order valence-corrected chi connectivity index (χ3v) is 5.34. The van der Waals surface area contributed by atoms with Gasteiger partial charge in [0.1, 0.15) is 6.33 Å². The highest BCUT2D eigenvalue weighted by Crippen LogP contribution is 2.13. The molecule has 8 heteroatoms. The number of carbonyl (C=O) groups is 1. The Morgan fingerprint density at radius 2 is 1.73 bits per heavy atom. The lowest BCUT2D eigenvalue weighted by atomic mass is 10.1. The summed E-state index contributed by atoms with van der Waals surface area (Å²) in [6.07, 6.45) is 2.90. The van der Waals surface area contributed by atoms with Crippen LogP contribution in [0.5, 0.6) is 0 Å². The van der Waals surface area contributed by atoms with Gasteiger partial charge in [0.2, 0.25) is 5.91 Å². The van der Waals surface area contributed by atoms with Gasteiger partial charge in [-0.2, -0.15) is 5.26 Å². The van der Waals surface area contributed by atoms with Crippen molar-refractivity contribution in [1.82, 2.24) is 30.0 Å². The van der Waals surface area contributed by atoms with Gasteiger partial charge in [0.15, 0.2) is 0 Å². The summed E-state index contributed by atoms with van der Waals surface area (Å²) < 4.78 is 1.59. The predicted octanol–water partition coefficient (Wildman–Crippen LogP) is 1.81. The van der Waals surface area contributed by atoms with E-state index in [0.29, 0.717) is 12.0 Å². The normalized spacial score (nSPS) is 14.8. The highest BCUT2D eigenvalue weighted by Gasteiger charge is 2.19. The molecule has 0 aliphatic carbocycles. The fourth-order valence-electron chi connectivity index (χ4n) is 3.65. The standard InChI is InChI=1S/C22H23N7O/c23-15-19-2-4-20(5-3-19)16-27-10-1-11-28(13-12-27)22(30)14-18-6-8-21(9-7-18)29-17-24-25-26-29/h2-9,17H,1,10-14,16H2. The first kappa shape index (κ1) is 19.7. The Hall–Kier alpha value is -3.57. The highest BCUT2D eigenvalue weighted by molar-refractivity contribution is 5.78. The molecule has 0 bridgehead atoms. The molecule has 0 unspecified atom stereocenters. The lowest BCUT2D eigenvalue weighted by Crippen LogP contribution is -2.36. The number of aromatic nitrogens is 4. The van der Waals surface area contributed by atoms with E-state index in [0.717, 1.165) is 50.4 Å². The van der Waals surface area contributed by atoms with E-state index in [-0.39, 0.29) is 5.91 Å². The van der Waals surface area contributed by atoms with Crippen molar-refractivity contribution >= 4 is 5.91 Å². The minimum absolute atomic E-state index is 0.158. The van der Waals surface area contributed by atoms with Crippen LogP contribution in [0, 0.1) is 11.3 Å². The van der Waals surface area contributed by atoms with Crippen LogP contribution in [0.1, 0.15) is 23.1 Å². The maximum absolute atomic E-state index is 12.8. The summed E-state index contributed by atoms with van der Waals surface area (Å²) in [4.78, 5) is 17.1. The lowest BCUT2D eigenvalue weighted by molar-refractivity contribution is -0.130. The number of benzene rings is 2. The molecule has 1 aliphatic rings. The van der Waals surface area contributed by atoms with Crippen molar-refractivity contribution in [3.8, 4) is 11.8 Å². The minimum Gasteiger partial charge on any atom is -0.341 e. The van der Waals surface area contributed by atoms with E-state index in [9.17, 15) is 4.79 Å². The fourth-order valence-corrected chi connectivity index (χ4v) is 3.65. The quantitative estimate of drug-likeness (QED) is 0.648. The number of amides is 1. The van der Waals surface area contributed by atoms with Crippen molar-refractivity contribution in [2.75, 3.05) is 26.2 Å². The molecule has 2 heterocycles. The summed E-state index contributed by atoms with van der Waals surface area (Å²) in [5.41, 5.74) is 3.72. The van der Waals surface area contributed by atoms with E-state index >= 15 is 0 Å². The monoisotopic (exact) mass is 401 g/mol. The van der Waals surface area contributed by atoms with Crippen LogP contribution in [0.15, 0.2) is 54.9 Å². The van der Waals surface area contributed by atoms with Gasteiger partial charge in [-0.15, -0.1) is 5.10 Å². The van der Waals surface area contributed by atoms with Gasteiger partial charge < -0.3 is 4.90 Å². The third-order valence-electron chi connectivity index (χ3n) is 5.34. The Morgan fingerprint density at radius 3 is 2.43 bits per heavy atom. The van der Waals surface area contributed by atoms with Gasteiger partial charge in [-0.1, -0.05) is 24.3 Å². The van der Waals surface area contributed by atoms with Crippen molar-refractivity contribution in [1.29, 1.82) is 5.26 Å². The zero-order valence-corrected chi connectivity index (χ0v) is 16.7. The van der Waals surface area contributed by atoms with Crippen LogP contribution < -0.4 is 0 Å². The Kier molecular flexibility index (Phi) is 6.11. The van der Waals surface area contributed by atoms with E-state index in [1.807, 2.05) is 53.4 Å².